The average molecular weight is 497 g/mol. The molecule has 0 N–H and O–H groups in total. The molecule has 0 spiro atoms. The van der Waals surface area contributed by atoms with Gasteiger partial charge in [-0.3, -0.25) is 0 Å². The van der Waals surface area contributed by atoms with Gasteiger partial charge in [-0.2, -0.15) is 0 Å². The highest BCUT2D eigenvalue weighted by atomic mass is 32.2. The van der Waals surface area contributed by atoms with Crippen LogP contribution in [0.4, 0.5) is 4.79 Å². The topological polar surface area (TPSA) is 102 Å². The van der Waals surface area contributed by atoms with Crippen LogP contribution in [0.5, 0.6) is 5.75 Å². The van der Waals surface area contributed by atoms with Crippen LogP contribution >= 0.6 is 0 Å². The number of ether oxygens (including phenoxy) is 2. The molecule has 33 heavy (non-hydrogen) atoms. The molecule has 0 aliphatic carbocycles. The van der Waals surface area contributed by atoms with Crippen molar-refractivity contribution in [2.45, 2.75) is 51.9 Å². The summed E-state index contributed by atoms with van der Waals surface area (Å²) in [6.45, 7) is 8.65. The molecule has 1 fully saturated rings. The van der Waals surface area contributed by atoms with E-state index in [4.69, 9.17) is 9.47 Å². The molecule has 2 aliphatic heterocycles. The molecule has 2 heterocycles. The first kappa shape index (κ1) is 25.4. The number of amides is 1. The number of likely N-dealkylation sites (tertiary alicyclic amines) is 1. The summed E-state index contributed by atoms with van der Waals surface area (Å²) in [7, 11) is -4.40. The zero-order valence-corrected chi connectivity index (χ0v) is 21.4. The fourth-order valence-electron chi connectivity index (χ4n) is 3.77. The van der Waals surface area contributed by atoms with E-state index in [1.54, 1.807) is 28.5 Å². The Morgan fingerprint density at radius 3 is 2.48 bits per heavy atom. The van der Waals surface area contributed by atoms with Crippen LogP contribution in [0.25, 0.3) is 0 Å². The van der Waals surface area contributed by atoms with Crippen molar-refractivity contribution >= 4 is 31.8 Å². The van der Waals surface area contributed by atoms with Crippen LogP contribution in [-0.4, -0.2) is 60.2 Å². The van der Waals surface area contributed by atoms with Gasteiger partial charge in [-0.25, -0.2) is 22.4 Å². The van der Waals surface area contributed by atoms with E-state index in [2.05, 4.69) is 4.99 Å². The van der Waals surface area contributed by atoms with Gasteiger partial charge in [-0.05, 0) is 57.7 Å². The Kier molecular flexibility index (Phi) is 7.68. The lowest BCUT2D eigenvalue weighted by molar-refractivity contribution is 0.0202. The van der Waals surface area contributed by atoms with Crippen LogP contribution in [0, 0.1) is 12.8 Å². The van der Waals surface area contributed by atoms with Crippen LogP contribution in [0.15, 0.2) is 34.3 Å². The maximum absolute atomic E-state index is 12.6. The first-order valence-electron chi connectivity index (χ1n) is 10.9. The molecule has 1 saturated heterocycles. The Morgan fingerprint density at radius 2 is 1.91 bits per heavy atom. The number of nitrogens with zero attached hydrogens (tertiary/aromatic N) is 2. The number of aliphatic imine (C=N–C) groups is 1. The summed E-state index contributed by atoms with van der Waals surface area (Å²) in [6, 6.07) is 5.28. The molecule has 0 saturated carbocycles. The standard InChI is InChI=1S/C23H32N2O6S2/c1-16-12-17(15-33(5,28)29)6-7-20(16)30-13-19-14-32(27)21(24-19)18-8-10-25(11-9-18)22(26)31-23(2,3)4/h6-7,12,14,18H,8-11,13,15H2,1-5H3. The van der Waals surface area contributed by atoms with E-state index in [0.717, 1.165) is 5.56 Å². The molecule has 0 aromatic heterocycles. The third kappa shape index (κ3) is 7.40. The predicted octanol–water partition coefficient (Wildman–Crippen LogP) is 3.57. The Labute approximate surface area is 198 Å². The smallest absolute Gasteiger partial charge is 0.410 e. The Hall–Kier alpha value is -2.20. The maximum Gasteiger partial charge on any atom is 0.410 e. The molecule has 0 bridgehead atoms. The minimum Gasteiger partial charge on any atom is -0.487 e. The number of carbonyl (C=O) groups is 1. The average Bonchev–Trinajstić information content (AvgIpc) is 3.05. The van der Waals surface area contributed by atoms with E-state index in [1.165, 1.54) is 6.26 Å². The van der Waals surface area contributed by atoms with Gasteiger partial charge in [0.15, 0.2) is 9.84 Å². The second-order valence-corrected chi connectivity index (χ2v) is 12.9. The number of hydrogen-bond donors (Lipinski definition) is 0. The number of hydrogen-bond acceptors (Lipinski definition) is 7. The third-order valence-electron chi connectivity index (χ3n) is 5.24. The van der Waals surface area contributed by atoms with E-state index in [0.29, 0.717) is 48.0 Å². The van der Waals surface area contributed by atoms with Gasteiger partial charge < -0.3 is 14.4 Å². The van der Waals surface area contributed by atoms with E-state index >= 15 is 0 Å². The number of rotatable bonds is 6. The van der Waals surface area contributed by atoms with Crippen LogP contribution < -0.4 is 4.74 Å². The summed E-state index contributed by atoms with van der Waals surface area (Å²) in [6.07, 6.45) is 2.26. The minimum absolute atomic E-state index is 0.0152. The fraction of sp³-hybridized carbons (Fsp3) is 0.565. The second-order valence-electron chi connectivity index (χ2n) is 9.56. The normalized spacial score (nSPS) is 19.8. The van der Waals surface area contributed by atoms with Crippen LogP contribution in [0.3, 0.4) is 0 Å². The van der Waals surface area contributed by atoms with Crippen molar-refractivity contribution in [3.8, 4) is 5.75 Å². The summed E-state index contributed by atoms with van der Waals surface area (Å²) in [5.74, 6) is 0.669. The van der Waals surface area contributed by atoms with Gasteiger partial charge in [-0.15, -0.1) is 0 Å². The summed E-state index contributed by atoms with van der Waals surface area (Å²) in [5, 5.41) is 2.25. The van der Waals surface area contributed by atoms with Crippen LogP contribution in [-0.2, 0) is 31.1 Å². The molecule has 1 aromatic carbocycles. The van der Waals surface area contributed by atoms with E-state index < -0.39 is 26.2 Å². The molecule has 10 heteroatoms. The van der Waals surface area contributed by atoms with Gasteiger partial charge in [0.25, 0.3) is 0 Å². The number of piperidine rings is 1. The molecular weight excluding hydrogens is 464 g/mol. The molecule has 8 nitrogen and oxygen atoms in total. The molecule has 1 aromatic rings. The van der Waals surface area contributed by atoms with E-state index in [1.807, 2.05) is 27.7 Å². The highest BCUT2D eigenvalue weighted by Crippen LogP contribution is 2.27. The van der Waals surface area contributed by atoms with Gasteiger partial charge in [0.05, 0.1) is 22.2 Å². The van der Waals surface area contributed by atoms with E-state index in [9.17, 15) is 17.4 Å². The lowest BCUT2D eigenvalue weighted by Gasteiger charge is -2.33. The first-order chi connectivity index (χ1) is 15.3. The Bertz CT molecular complexity index is 1090. The maximum atomic E-state index is 12.6. The molecule has 3 rings (SSSR count). The third-order valence-corrected chi connectivity index (χ3v) is 7.42. The summed E-state index contributed by atoms with van der Waals surface area (Å²) in [5.41, 5.74) is 1.62. The van der Waals surface area contributed by atoms with Gasteiger partial charge in [0.2, 0.25) is 0 Å². The molecular formula is C23H32N2O6S2. The number of aryl methyl sites for hydroxylation is 1. The Morgan fingerprint density at radius 1 is 1.24 bits per heavy atom. The van der Waals surface area contributed by atoms with Crippen molar-refractivity contribution in [3.05, 3.63) is 40.4 Å². The summed E-state index contributed by atoms with van der Waals surface area (Å²) >= 11 is 0. The van der Waals surface area contributed by atoms with Gasteiger partial charge in [0.1, 0.15) is 23.0 Å². The zero-order valence-electron chi connectivity index (χ0n) is 19.8. The minimum atomic E-state index is -3.10. The van der Waals surface area contributed by atoms with Crippen molar-refractivity contribution < 1.29 is 26.9 Å². The SMILES string of the molecule is Cc1cc(CS(C)(=O)=O)ccc1OCC1=CS(=O)C(C2CCN(C(=O)OC(C)(C)C)CC2)=N1. The number of carbonyl (C=O) groups excluding carboxylic acids is 1. The highest BCUT2D eigenvalue weighted by Gasteiger charge is 2.32. The van der Waals surface area contributed by atoms with Crippen molar-refractivity contribution in [1.82, 2.24) is 4.90 Å². The molecule has 1 atom stereocenters. The van der Waals surface area contributed by atoms with Crippen molar-refractivity contribution in [2.75, 3.05) is 26.0 Å². The second kappa shape index (κ2) is 9.97. The van der Waals surface area contributed by atoms with Gasteiger partial charge in [-0.1, -0.05) is 12.1 Å². The van der Waals surface area contributed by atoms with Gasteiger partial charge in [0, 0.05) is 30.7 Å². The number of benzene rings is 1. The van der Waals surface area contributed by atoms with Gasteiger partial charge >= 0.3 is 6.09 Å². The molecule has 1 amide bonds. The van der Waals surface area contributed by atoms with Crippen LogP contribution in [0.1, 0.15) is 44.7 Å². The van der Waals surface area contributed by atoms with Crippen molar-refractivity contribution in [1.29, 1.82) is 0 Å². The lowest BCUT2D eigenvalue weighted by Crippen LogP contribution is -2.43. The van der Waals surface area contributed by atoms with Crippen molar-refractivity contribution in [2.24, 2.45) is 10.9 Å². The fourth-order valence-corrected chi connectivity index (χ4v) is 5.82. The summed E-state index contributed by atoms with van der Waals surface area (Å²) in [4.78, 5) is 18.5. The zero-order chi connectivity index (χ0) is 24.4. The first-order valence-corrected chi connectivity index (χ1v) is 14.2. The molecule has 0 radical (unpaired) electrons. The number of sulfone groups is 1. The summed E-state index contributed by atoms with van der Waals surface area (Å²) < 4.78 is 46.9. The quantitative estimate of drug-likeness (QED) is 0.597. The lowest BCUT2D eigenvalue weighted by atomic mass is 9.98. The van der Waals surface area contributed by atoms with E-state index in [-0.39, 0.29) is 24.4 Å². The van der Waals surface area contributed by atoms with Crippen LogP contribution in [0.2, 0.25) is 0 Å². The highest BCUT2D eigenvalue weighted by molar-refractivity contribution is 8.03. The predicted molar refractivity (Wildman–Crippen MR) is 129 cm³/mol. The largest absolute Gasteiger partial charge is 0.487 e. The Balaban J connectivity index is 1.55. The monoisotopic (exact) mass is 496 g/mol. The molecule has 1 unspecified atom stereocenters. The molecule has 2 aliphatic rings. The van der Waals surface area contributed by atoms with Crippen molar-refractivity contribution in [3.63, 3.8) is 0 Å². The molecule has 182 valence electrons.